The molecule has 0 amide bonds. The summed E-state index contributed by atoms with van der Waals surface area (Å²) < 4.78 is 4.31. The summed E-state index contributed by atoms with van der Waals surface area (Å²) in [6.45, 7) is 0. The van der Waals surface area contributed by atoms with E-state index in [9.17, 15) is 4.79 Å². The van der Waals surface area contributed by atoms with Crippen LogP contribution < -0.4 is 0 Å². The van der Waals surface area contributed by atoms with E-state index in [-0.39, 0.29) is 5.56 Å². The van der Waals surface area contributed by atoms with Gasteiger partial charge in [0.2, 0.25) is 0 Å². The fraction of sp³-hybridized carbons (Fsp3) is 0.200. The van der Waals surface area contributed by atoms with E-state index in [1.165, 1.54) is 0 Å². The Hall–Kier alpha value is -1.36. The lowest BCUT2D eigenvalue weighted by Crippen LogP contribution is -2.09. The van der Waals surface area contributed by atoms with Crippen molar-refractivity contribution in [2.45, 2.75) is 6.10 Å². The van der Waals surface area contributed by atoms with Crippen molar-refractivity contribution in [1.29, 1.82) is 0 Å². The van der Waals surface area contributed by atoms with Crippen LogP contribution >= 0.6 is 0 Å². The number of aliphatic carboxylic acids is 1. The third kappa shape index (κ3) is 1.14. The van der Waals surface area contributed by atoms with Crippen molar-refractivity contribution in [1.82, 2.24) is 5.16 Å². The third-order valence-corrected chi connectivity index (χ3v) is 1.00. The van der Waals surface area contributed by atoms with Crippen LogP contribution in [0.1, 0.15) is 11.7 Å². The van der Waals surface area contributed by atoms with Crippen LogP contribution in [0.5, 0.6) is 0 Å². The van der Waals surface area contributed by atoms with Crippen LogP contribution in [-0.4, -0.2) is 21.3 Å². The quantitative estimate of drug-likeness (QED) is 0.598. The molecule has 0 fully saturated rings. The molecule has 0 radical (unpaired) electrons. The topological polar surface area (TPSA) is 83.6 Å². The number of hydrogen-bond donors (Lipinski definition) is 2. The second-order valence-corrected chi connectivity index (χ2v) is 1.70. The molecule has 54 valence electrons. The maximum absolute atomic E-state index is 10.1. The van der Waals surface area contributed by atoms with Crippen molar-refractivity contribution in [3.63, 3.8) is 0 Å². The number of nitrogens with zero attached hydrogens (tertiary/aromatic N) is 1. The molecule has 0 aliphatic carbocycles. The summed E-state index contributed by atoms with van der Waals surface area (Å²) in [5, 5.41) is 20.2. The highest BCUT2D eigenvalue weighted by Crippen LogP contribution is 2.10. The highest BCUT2D eigenvalue weighted by molar-refractivity contribution is 5.73. The fourth-order valence-corrected chi connectivity index (χ4v) is 0.491. The molecular weight excluding hydrogens is 138 g/mol. The maximum atomic E-state index is 10.1. The first kappa shape index (κ1) is 6.76. The van der Waals surface area contributed by atoms with Crippen molar-refractivity contribution in [2.24, 2.45) is 0 Å². The number of rotatable bonds is 2. The second-order valence-electron chi connectivity index (χ2n) is 1.70. The minimum Gasteiger partial charge on any atom is -0.479 e. The van der Waals surface area contributed by atoms with Gasteiger partial charge in [-0.2, -0.15) is 0 Å². The van der Waals surface area contributed by atoms with Gasteiger partial charge < -0.3 is 14.7 Å². The molecule has 1 aromatic heterocycles. The van der Waals surface area contributed by atoms with E-state index in [0.29, 0.717) is 0 Å². The van der Waals surface area contributed by atoms with Gasteiger partial charge in [-0.25, -0.2) is 4.79 Å². The Morgan fingerprint density at radius 3 is 2.90 bits per heavy atom. The van der Waals surface area contributed by atoms with Gasteiger partial charge in [0.05, 0.1) is 11.8 Å². The summed E-state index contributed by atoms with van der Waals surface area (Å²) in [4.78, 5) is 10.1. The molecule has 0 saturated carbocycles. The van der Waals surface area contributed by atoms with Crippen LogP contribution in [0.3, 0.4) is 0 Å². The van der Waals surface area contributed by atoms with Crippen molar-refractivity contribution in [2.75, 3.05) is 0 Å². The number of carbonyl (C=O) groups is 1. The Morgan fingerprint density at radius 1 is 1.80 bits per heavy atom. The highest BCUT2D eigenvalue weighted by Gasteiger charge is 2.16. The SMILES string of the molecule is O=C(O)C(O)c1cnoc1. The smallest absolute Gasteiger partial charge is 0.337 e. The summed E-state index contributed by atoms with van der Waals surface area (Å²) in [5.74, 6) is -1.32. The molecule has 10 heavy (non-hydrogen) atoms. The Bertz CT molecular complexity index is 218. The minimum atomic E-state index is -1.54. The maximum Gasteiger partial charge on any atom is 0.337 e. The first-order chi connectivity index (χ1) is 4.72. The zero-order chi connectivity index (χ0) is 7.56. The molecule has 0 spiro atoms. The summed E-state index contributed by atoms with van der Waals surface area (Å²) in [6.07, 6.45) is 0.698. The number of aliphatic hydroxyl groups is 1. The molecule has 1 atom stereocenters. The van der Waals surface area contributed by atoms with Crippen LogP contribution in [0.2, 0.25) is 0 Å². The molecule has 1 heterocycles. The molecule has 0 bridgehead atoms. The molecule has 2 N–H and O–H groups in total. The van der Waals surface area contributed by atoms with Crippen LogP contribution in [0.4, 0.5) is 0 Å². The van der Waals surface area contributed by atoms with E-state index in [1.807, 2.05) is 0 Å². The third-order valence-electron chi connectivity index (χ3n) is 1.00. The van der Waals surface area contributed by atoms with E-state index < -0.39 is 12.1 Å². The molecule has 0 aromatic carbocycles. The van der Waals surface area contributed by atoms with Gasteiger partial charge in [0.25, 0.3) is 0 Å². The highest BCUT2D eigenvalue weighted by atomic mass is 16.5. The fourth-order valence-electron chi connectivity index (χ4n) is 0.491. The van der Waals surface area contributed by atoms with Gasteiger partial charge in [0.1, 0.15) is 6.26 Å². The molecule has 0 aliphatic rings. The minimum absolute atomic E-state index is 0.146. The largest absolute Gasteiger partial charge is 0.479 e. The molecular formula is C5H5NO4. The Balaban J connectivity index is 2.77. The summed E-state index contributed by atoms with van der Waals surface area (Å²) in [7, 11) is 0. The van der Waals surface area contributed by atoms with Crippen LogP contribution in [0.25, 0.3) is 0 Å². The standard InChI is InChI=1S/C5H5NO4/c7-4(5(8)9)3-1-6-10-2-3/h1-2,4,7H,(H,8,9). The lowest BCUT2D eigenvalue weighted by atomic mass is 10.2. The van der Waals surface area contributed by atoms with Gasteiger partial charge in [-0.3, -0.25) is 0 Å². The lowest BCUT2D eigenvalue weighted by Gasteiger charge is -1.97. The molecule has 1 aromatic rings. The molecule has 0 aliphatic heterocycles. The van der Waals surface area contributed by atoms with E-state index in [4.69, 9.17) is 10.2 Å². The van der Waals surface area contributed by atoms with Gasteiger partial charge in [0, 0.05) is 0 Å². The first-order valence-electron chi connectivity index (χ1n) is 2.52. The van der Waals surface area contributed by atoms with Gasteiger partial charge >= 0.3 is 5.97 Å². The van der Waals surface area contributed by atoms with E-state index in [1.54, 1.807) is 0 Å². The van der Waals surface area contributed by atoms with Crippen molar-refractivity contribution in [3.8, 4) is 0 Å². The normalized spacial score (nSPS) is 12.9. The van der Waals surface area contributed by atoms with Crippen molar-refractivity contribution >= 4 is 5.97 Å². The molecule has 1 rings (SSSR count). The van der Waals surface area contributed by atoms with Crippen molar-refractivity contribution < 1.29 is 19.5 Å². The number of aliphatic hydroxyl groups excluding tert-OH is 1. The predicted octanol–water partition coefficient (Wildman–Crippen LogP) is -0.207. The molecule has 1 unspecified atom stereocenters. The van der Waals surface area contributed by atoms with E-state index in [2.05, 4.69) is 9.68 Å². The first-order valence-corrected chi connectivity index (χ1v) is 2.52. The van der Waals surface area contributed by atoms with Crippen molar-refractivity contribution in [3.05, 3.63) is 18.0 Å². The van der Waals surface area contributed by atoms with Crippen LogP contribution in [0, 0.1) is 0 Å². The molecule has 0 saturated heterocycles. The predicted molar refractivity (Wildman–Crippen MR) is 29.1 cm³/mol. The van der Waals surface area contributed by atoms with Gasteiger partial charge in [-0.1, -0.05) is 5.16 Å². The second kappa shape index (κ2) is 2.49. The average molecular weight is 143 g/mol. The van der Waals surface area contributed by atoms with Crippen LogP contribution in [0.15, 0.2) is 17.0 Å². The number of aromatic nitrogens is 1. The molecule has 5 heteroatoms. The zero-order valence-electron chi connectivity index (χ0n) is 4.89. The summed E-state index contributed by atoms with van der Waals surface area (Å²) in [5.41, 5.74) is 0.146. The average Bonchev–Trinajstić information content (AvgIpc) is 2.36. The monoisotopic (exact) mass is 143 g/mol. The van der Waals surface area contributed by atoms with Gasteiger partial charge in [-0.15, -0.1) is 0 Å². The summed E-state index contributed by atoms with van der Waals surface area (Å²) in [6, 6.07) is 0. The van der Waals surface area contributed by atoms with Crippen LogP contribution in [-0.2, 0) is 4.79 Å². The molecule has 5 nitrogen and oxygen atoms in total. The van der Waals surface area contributed by atoms with E-state index in [0.717, 1.165) is 12.5 Å². The number of carboxylic acids is 1. The van der Waals surface area contributed by atoms with E-state index >= 15 is 0 Å². The van der Waals surface area contributed by atoms with Gasteiger partial charge in [0.15, 0.2) is 6.10 Å². The lowest BCUT2D eigenvalue weighted by molar-refractivity contribution is -0.147. The zero-order valence-corrected chi connectivity index (χ0v) is 4.89. The number of carboxylic acid groups (broad SMARTS) is 1. The Morgan fingerprint density at radius 2 is 2.50 bits per heavy atom. The summed E-state index contributed by atoms with van der Waals surface area (Å²) >= 11 is 0. The van der Waals surface area contributed by atoms with Gasteiger partial charge in [-0.05, 0) is 0 Å². The number of hydrogen-bond acceptors (Lipinski definition) is 4. The Labute approximate surface area is 55.9 Å². The Kier molecular flexibility index (Phi) is 1.68.